The van der Waals surface area contributed by atoms with Gasteiger partial charge in [0.15, 0.2) is 0 Å². The predicted molar refractivity (Wildman–Crippen MR) is 136 cm³/mol. The molecule has 1 fully saturated rings. The van der Waals surface area contributed by atoms with E-state index in [0.29, 0.717) is 24.0 Å². The van der Waals surface area contributed by atoms with Gasteiger partial charge in [-0.15, -0.1) is 0 Å². The highest BCUT2D eigenvalue weighted by molar-refractivity contribution is 6.00. The first-order valence-electron chi connectivity index (χ1n) is 12.4. The van der Waals surface area contributed by atoms with Crippen LogP contribution in [0.1, 0.15) is 61.1 Å². The minimum absolute atomic E-state index is 0.0783. The molecule has 0 radical (unpaired) electrons. The van der Waals surface area contributed by atoms with Gasteiger partial charge >= 0.3 is 0 Å². The lowest BCUT2D eigenvalue weighted by Gasteiger charge is -2.32. The fraction of sp³-hybridized carbons (Fsp3) is 0.444. The SMILES string of the molecule is CCn1nccc1C(=O)N[C@H](C(=O)Nc1ccc(-c2c(C)cncc2C)cn1)C1CCC(C)CC1. The number of aryl methyl sites for hydroxylation is 3. The van der Waals surface area contributed by atoms with Crippen LogP contribution in [-0.2, 0) is 11.3 Å². The summed E-state index contributed by atoms with van der Waals surface area (Å²) >= 11 is 0. The van der Waals surface area contributed by atoms with Crippen molar-refractivity contribution in [1.29, 1.82) is 0 Å². The minimum Gasteiger partial charge on any atom is -0.339 e. The average Bonchev–Trinajstić information content (AvgIpc) is 3.33. The molecule has 35 heavy (non-hydrogen) atoms. The molecule has 2 N–H and O–H groups in total. The maximum Gasteiger partial charge on any atom is 0.270 e. The van der Waals surface area contributed by atoms with E-state index in [0.717, 1.165) is 47.9 Å². The second kappa shape index (κ2) is 10.8. The molecule has 0 saturated heterocycles. The second-order valence-electron chi connectivity index (χ2n) is 9.57. The zero-order valence-electron chi connectivity index (χ0n) is 20.9. The second-order valence-corrected chi connectivity index (χ2v) is 9.57. The summed E-state index contributed by atoms with van der Waals surface area (Å²) in [5, 5.41) is 10.1. The summed E-state index contributed by atoms with van der Waals surface area (Å²) in [6, 6.07) is 4.80. The molecule has 1 saturated carbocycles. The first-order chi connectivity index (χ1) is 16.9. The van der Waals surface area contributed by atoms with Crippen LogP contribution < -0.4 is 10.6 Å². The van der Waals surface area contributed by atoms with Gasteiger partial charge in [0, 0.05) is 36.9 Å². The van der Waals surface area contributed by atoms with Crippen molar-refractivity contribution in [1.82, 2.24) is 25.1 Å². The number of nitrogens with zero attached hydrogens (tertiary/aromatic N) is 4. The number of anilines is 1. The van der Waals surface area contributed by atoms with E-state index in [1.165, 1.54) is 0 Å². The lowest BCUT2D eigenvalue weighted by atomic mass is 9.79. The number of hydrogen-bond donors (Lipinski definition) is 2. The summed E-state index contributed by atoms with van der Waals surface area (Å²) in [4.78, 5) is 35.2. The maximum atomic E-state index is 13.4. The summed E-state index contributed by atoms with van der Waals surface area (Å²) in [5.74, 6) is 0.660. The Bertz CT molecular complexity index is 1160. The zero-order valence-corrected chi connectivity index (χ0v) is 20.9. The van der Waals surface area contributed by atoms with E-state index in [2.05, 4.69) is 32.6 Å². The first kappa shape index (κ1) is 24.6. The van der Waals surface area contributed by atoms with Gasteiger partial charge in [-0.1, -0.05) is 19.8 Å². The summed E-state index contributed by atoms with van der Waals surface area (Å²) in [5.41, 5.74) is 4.67. The van der Waals surface area contributed by atoms with Gasteiger partial charge in [0.05, 0.1) is 0 Å². The van der Waals surface area contributed by atoms with Gasteiger partial charge in [0.25, 0.3) is 5.91 Å². The van der Waals surface area contributed by atoms with Crippen molar-refractivity contribution in [2.75, 3.05) is 5.32 Å². The molecule has 2 amide bonds. The summed E-state index contributed by atoms with van der Waals surface area (Å²) in [6.07, 6.45) is 10.9. The Kier molecular flexibility index (Phi) is 7.58. The number of pyridine rings is 2. The monoisotopic (exact) mass is 474 g/mol. The molecule has 0 bridgehead atoms. The highest BCUT2D eigenvalue weighted by Gasteiger charge is 2.33. The fourth-order valence-electron chi connectivity index (χ4n) is 4.99. The molecule has 8 nitrogen and oxygen atoms in total. The molecule has 3 aromatic rings. The molecule has 1 atom stereocenters. The Labute approximate surface area is 206 Å². The number of carbonyl (C=O) groups excluding carboxylic acids is 2. The van der Waals surface area contributed by atoms with Gasteiger partial charge in [-0.25, -0.2) is 4.98 Å². The van der Waals surface area contributed by atoms with Gasteiger partial charge in [0.2, 0.25) is 5.91 Å². The van der Waals surface area contributed by atoms with Crippen LogP contribution in [0.5, 0.6) is 0 Å². The number of nitrogens with one attached hydrogen (secondary N) is 2. The van der Waals surface area contributed by atoms with Crippen molar-refractivity contribution < 1.29 is 9.59 Å². The smallest absolute Gasteiger partial charge is 0.270 e. The van der Waals surface area contributed by atoms with Gasteiger partial charge in [-0.2, -0.15) is 5.10 Å². The van der Waals surface area contributed by atoms with Crippen molar-refractivity contribution in [2.45, 2.75) is 66.0 Å². The van der Waals surface area contributed by atoms with Crippen LogP contribution in [0.15, 0.2) is 43.0 Å². The number of amides is 2. The molecular weight excluding hydrogens is 440 g/mol. The van der Waals surface area contributed by atoms with Gasteiger partial charge in [-0.05, 0) is 80.3 Å². The van der Waals surface area contributed by atoms with Gasteiger partial charge < -0.3 is 10.6 Å². The molecule has 3 aromatic heterocycles. The molecule has 1 aliphatic carbocycles. The van der Waals surface area contributed by atoms with Crippen LogP contribution in [0.25, 0.3) is 11.1 Å². The third-order valence-electron chi connectivity index (χ3n) is 6.98. The number of rotatable bonds is 7. The van der Waals surface area contributed by atoms with E-state index in [1.807, 2.05) is 39.2 Å². The number of aromatic nitrogens is 4. The predicted octanol–water partition coefficient (Wildman–Crippen LogP) is 4.54. The fourth-order valence-corrected chi connectivity index (χ4v) is 4.99. The lowest BCUT2D eigenvalue weighted by molar-refractivity contribution is -0.119. The quantitative estimate of drug-likeness (QED) is 0.523. The van der Waals surface area contributed by atoms with E-state index in [1.54, 1.807) is 29.2 Å². The van der Waals surface area contributed by atoms with Crippen molar-refractivity contribution in [3.8, 4) is 11.1 Å². The van der Waals surface area contributed by atoms with E-state index < -0.39 is 6.04 Å². The standard InChI is InChI=1S/C27H34N6O2/c1-5-33-22(12-13-30-33)26(34)32-25(20-8-6-17(2)7-9-20)27(35)31-23-11-10-21(16-29-23)24-18(3)14-28-15-19(24)4/h10-17,20,25H,5-9H2,1-4H3,(H,32,34)(H,29,31,35)/t17?,20?,25-/m0/s1. The summed E-state index contributed by atoms with van der Waals surface area (Å²) in [7, 11) is 0. The van der Waals surface area contributed by atoms with Crippen molar-refractivity contribution >= 4 is 17.6 Å². The van der Waals surface area contributed by atoms with Crippen LogP contribution in [0.2, 0.25) is 0 Å². The molecule has 8 heteroatoms. The Morgan fingerprint density at radius 2 is 1.77 bits per heavy atom. The summed E-state index contributed by atoms with van der Waals surface area (Å²) in [6.45, 7) is 8.80. The largest absolute Gasteiger partial charge is 0.339 e. The van der Waals surface area contributed by atoms with Crippen LogP contribution in [0.4, 0.5) is 5.82 Å². The summed E-state index contributed by atoms with van der Waals surface area (Å²) < 4.78 is 1.64. The third-order valence-corrected chi connectivity index (χ3v) is 6.98. The number of carbonyl (C=O) groups is 2. The van der Waals surface area contributed by atoms with Crippen molar-refractivity contribution in [2.24, 2.45) is 11.8 Å². The zero-order chi connectivity index (χ0) is 24.9. The highest BCUT2D eigenvalue weighted by atomic mass is 16.2. The molecule has 0 aliphatic heterocycles. The molecule has 0 aromatic carbocycles. The van der Waals surface area contributed by atoms with E-state index in [-0.39, 0.29) is 17.7 Å². The molecule has 0 unspecified atom stereocenters. The molecule has 184 valence electrons. The maximum absolute atomic E-state index is 13.4. The lowest BCUT2D eigenvalue weighted by Crippen LogP contribution is -2.49. The van der Waals surface area contributed by atoms with Crippen LogP contribution >= 0.6 is 0 Å². The Balaban J connectivity index is 1.52. The Morgan fingerprint density at radius 3 is 2.40 bits per heavy atom. The third kappa shape index (κ3) is 5.58. The average molecular weight is 475 g/mol. The van der Waals surface area contributed by atoms with Gasteiger partial charge in [0.1, 0.15) is 17.6 Å². The van der Waals surface area contributed by atoms with E-state index in [9.17, 15) is 9.59 Å². The van der Waals surface area contributed by atoms with Crippen molar-refractivity contribution in [3.05, 3.63) is 59.8 Å². The highest BCUT2D eigenvalue weighted by Crippen LogP contribution is 2.31. The minimum atomic E-state index is -0.638. The molecule has 4 rings (SSSR count). The molecular formula is C27H34N6O2. The van der Waals surface area contributed by atoms with Crippen LogP contribution in [0.3, 0.4) is 0 Å². The van der Waals surface area contributed by atoms with Gasteiger partial charge in [-0.3, -0.25) is 19.3 Å². The Morgan fingerprint density at radius 1 is 1.06 bits per heavy atom. The van der Waals surface area contributed by atoms with Crippen molar-refractivity contribution in [3.63, 3.8) is 0 Å². The number of hydrogen-bond acceptors (Lipinski definition) is 5. The molecule has 3 heterocycles. The van der Waals surface area contributed by atoms with Crippen LogP contribution in [0, 0.1) is 25.7 Å². The first-order valence-corrected chi connectivity index (χ1v) is 12.4. The Hall–Kier alpha value is -3.55. The van der Waals surface area contributed by atoms with E-state index >= 15 is 0 Å². The normalized spacial score (nSPS) is 18.6. The van der Waals surface area contributed by atoms with E-state index in [4.69, 9.17) is 0 Å². The topological polar surface area (TPSA) is 102 Å². The van der Waals surface area contributed by atoms with Crippen LogP contribution in [-0.4, -0.2) is 37.6 Å². The molecule has 0 spiro atoms. The molecule has 1 aliphatic rings.